The Morgan fingerprint density at radius 2 is 1.78 bits per heavy atom. The molecule has 0 bridgehead atoms. The molecule has 0 N–H and O–H groups in total. The predicted molar refractivity (Wildman–Crippen MR) is 92.5 cm³/mol. The smallest absolute Gasteiger partial charge is 0.208 e. The van der Waals surface area contributed by atoms with Gasteiger partial charge in [0.2, 0.25) is 5.89 Å². The van der Waals surface area contributed by atoms with Crippen molar-refractivity contribution >= 4 is 11.8 Å². The summed E-state index contributed by atoms with van der Waals surface area (Å²) >= 11 is 1.70. The Morgan fingerprint density at radius 3 is 2.30 bits per heavy atom. The maximum atomic E-state index is 5.66. The molecule has 23 heavy (non-hydrogen) atoms. The summed E-state index contributed by atoms with van der Waals surface area (Å²) in [4.78, 5) is 7.78. The Balaban J connectivity index is 2.17. The lowest BCUT2D eigenvalue weighted by atomic mass is 10.2. The second-order valence-electron chi connectivity index (χ2n) is 5.44. The summed E-state index contributed by atoms with van der Waals surface area (Å²) < 4.78 is 16.4. The molecule has 1 aromatic carbocycles. The van der Waals surface area contributed by atoms with E-state index >= 15 is 0 Å². The maximum Gasteiger partial charge on any atom is 0.208 e. The van der Waals surface area contributed by atoms with Gasteiger partial charge in [0.05, 0.1) is 26.5 Å². The van der Waals surface area contributed by atoms with E-state index < -0.39 is 0 Å². The Bertz CT molecular complexity index is 651. The lowest BCUT2D eigenvalue weighted by molar-refractivity contribution is 0.276. The summed E-state index contributed by atoms with van der Waals surface area (Å²) in [5.74, 6) is 3.12. The highest BCUT2D eigenvalue weighted by Crippen LogP contribution is 2.35. The van der Waals surface area contributed by atoms with Gasteiger partial charge in [0.15, 0.2) is 11.5 Å². The van der Waals surface area contributed by atoms with Crippen molar-refractivity contribution in [1.82, 2.24) is 9.88 Å². The summed E-state index contributed by atoms with van der Waals surface area (Å²) in [6, 6.07) is 4.05. The van der Waals surface area contributed by atoms with Crippen LogP contribution in [0.15, 0.2) is 21.4 Å². The van der Waals surface area contributed by atoms with Crippen LogP contribution in [0.1, 0.15) is 22.9 Å². The van der Waals surface area contributed by atoms with Crippen LogP contribution in [0.2, 0.25) is 0 Å². The lowest BCUT2D eigenvalue weighted by Gasteiger charge is -2.19. The number of oxazole rings is 1. The molecule has 126 valence electrons. The molecule has 0 spiro atoms. The Kier molecular flexibility index (Phi) is 5.96. The summed E-state index contributed by atoms with van der Waals surface area (Å²) in [6.45, 7) is 5.34. The number of nitrogens with zero attached hydrogens (tertiary/aromatic N) is 2. The quantitative estimate of drug-likeness (QED) is 0.719. The average Bonchev–Trinajstić information content (AvgIpc) is 2.84. The van der Waals surface area contributed by atoms with Crippen LogP contribution in [0.25, 0.3) is 0 Å². The molecule has 0 unspecified atom stereocenters. The van der Waals surface area contributed by atoms with Crippen LogP contribution in [0.4, 0.5) is 0 Å². The number of hydrogen-bond acceptors (Lipinski definition) is 6. The third-order valence-corrected chi connectivity index (χ3v) is 4.52. The molecule has 0 fully saturated rings. The van der Waals surface area contributed by atoms with Crippen LogP contribution in [-0.4, -0.2) is 37.4 Å². The van der Waals surface area contributed by atoms with Crippen molar-refractivity contribution in [3.8, 4) is 11.5 Å². The van der Waals surface area contributed by atoms with E-state index in [2.05, 4.69) is 23.2 Å². The van der Waals surface area contributed by atoms with E-state index in [1.807, 2.05) is 26.0 Å². The van der Waals surface area contributed by atoms with Crippen molar-refractivity contribution in [3.63, 3.8) is 0 Å². The first kappa shape index (κ1) is 17.7. The van der Waals surface area contributed by atoms with Crippen LogP contribution in [0, 0.1) is 13.8 Å². The molecular weight excluding hydrogens is 312 g/mol. The van der Waals surface area contributed by atoms with Gasteiger partial charge in [-0.05, 0) is 44.8 Å². The maximum absolute atomic E-state index is 5.66. The van der Waals surface area contributed by atoms with Crippen molar-refractivity contribution in [2.75, 3.05) is 27.5 Å². The fraction of sp³-hybridized carbons (Fsp3) is 0.471. The zero-order valence-corrected chi connectivity index (χ0v) is 15.4. The Hall–Kier alpha value is -1.66. The minimum Gasteiger partial charge on any atom is -0.493 e. The van der Waals surface area contributed by atoms with Gasteiger partial charge in [0, 0.05) is 11.4 Å². The summed E-state index contributed by atoms with van der Waals surface area (Å²) in [5, 5.41) is 0. The number of benzene rings is 1. The minimum atomic E-state index is 0.664. The molecule has 5 nitrogen and oxygen atoms in total. The van der Waals surface area contributed by atoms with Crippen LogP contribution in [-0.2, 0) is 13.1 Å². The highest BCUT2D eigenvalue weighted by Gasteiger charge is 2.14. The molecule has 2 rings (SSSR count). The summed E-state index contributed by atoms with van der Waals surface area (Å²) in [7, 11) is 5.36. The molecule has 0 aliphatic carbocycles. The van der Waals surface area contributed by atoms with Gasteiger partial charge in [-0.3, -0.25) is 4.90 Å². The lowest BCUT2D eigenvalue weighted by Crippen LogP contribution is -2.18. The van der Waals surface area contributed by atoms with Gasteiger partial charge in [-0.1, -0.05) is 0 Å². The zero-order valence-electron chi connectivity index (χ0n) is 14.6. The van der Waals surface area contributed by atoms with Crippen molar-refractivity contribution in [3.05, 3.63) is 35.0 Å². The number of rotatable bonds is 7. The molecule has 0 amide bonds. The molecule has 6 heteroatoms. The molecule has 1 heterocycles. The first-order valence-electron chi connectivity index (χ1n) is 7.38. The van der Waals surface area contributed by atoms with E-state index in [0.29, 0.717) is 6.54 Å². The molecule has 0 atom stereocenters. The highest BCUT2D eigenvalue weighted by atomic mass is 32.2. The summed E-state index contributed by atoms with van der Waals surface area (Å²) in [5.41, 5.74) is 2.14. The fourth-order valence-corrected chi connectivity index (χ4v) is 3.01. The standard InChI is InChI=1S/C17H24N2O3S/c1-11-12(2)22-17(18-11)10-19(3)9-13-7-14(20-4)15(21-5)8-16(13)23-6/h7-8H,9-10H2,1-6H3. The normalized spacial score (nSPS) is 11.1. The molecule has 0 aliphatic heterocycles. The third kappa shape index (κ3) is 4.20. The molecule has 0 aliphatic rings. The third-order valence-electron chi connectivity index (χ3n) is 3.70. The largest absolute Gasteiger partial charge is 0.493 e. The predicted octanol–water partition coefficient (Wildman–Crippen LogP) is 3.66. The number of ether oxygens (including phenoxy) is 2. The molecular formula is C17H24N2O3S. The second kappa shape index (κ2) is 7.75. The molecule has 0 saturated heterocycles. The van der Waals surface area contributed by atoms with Gasteiger partial charge in [-0.15, -0.1) is 11.8 Å². The fourth-order valence-electron chi connectivity index (χ4n) is 2.40. The van der Waals surface area contributed by atoms with Gasteiger partial charge >= 0.3 is 0 Å². The second-order valence-corrected chi connectivity index (χ2v) is 6.29. The number of methoxy groups -OCH3 is 2. The first-order valence-corrected chi connectivity index (χ1v) is 8.61. The van der Waals surface area contributed by atoms with Crippen LogP contribution >= 0.6 is 11.8 Å². The SMILES string of the molecule is COc1cc(CN(C)Cc2nc(C)c(C)o2)c(SC)cc1OC. The Morgan fingerprint density at radius 1 is 1.13 bits per heavy atom. The van der Waals surface area contributed by atoms with E-state index in [1.54, 1.807) is 26.0 Å². The first-order chi connectivity index (χ1) is 11.0. The van der Waals surface area contributed by atoms with Crippen LogP contribution < -0.4 is 9.47 Å². The molecule has 0 saturated carbocycles. The average molecular weight is 336 g/mol. The van der Waals surface area contributed by atoms with E-state index in [4.69, 9.17) is 13.9 Å². The number of hydrogen-bond donors (Lipinski definition) is 0. The number of aryl methyl sites for hydroxylation is 2. The van der Waals surface area contributed by atoms with Crippen molar-refractivity contribution in [2.45, 2.75) is 31.8 Å². The van der Waals surface area contributed by atoms with E-state index in [-0.39, 0.29) is 0 Å². The number of thioether (sulfide) groups is 1. The monoisotopic (exact) mass is 336 g/mol. The van der Waals surface area contributed by atoms with Gasteiger partial charge in [0.25, 0.3) is 0 Å². The number of aromatic nitrogens is 1. The van der Waals surface area contributed by atoms with Crippen molar-refractivity contribution < 1.29 is 13.9 Å². The Labute approximate surface area is 142 Å². The molecule has 2 aromatic rings. The zero-order chi connectivity index (χ0) is 17.0. The van der Waals surface area contributed by atoms with Gasteiger partial charge in [-0.2, -0.15) is 0 Å². The van der Waals surface area contributed by atoms with Crippen LogP contribution in [0.3, 0.4) is 0 Å². The van der Waals surface area contributed by atoms with Gasteiger partial charge < -0.3 is 13.9 Å². The molecule has 0 radical (unpaired) electrons. The van der Waals surface area contributed by atoms with E-state index in [1.165, 1.54) is 10.5 Å². The van der Waals surface area contributed by atoms with Crippen LogP contribution in [0.5, 0.6) is 11.5 Å². The van der Waals surface area contributed by atoms with E-state index in [9.17, 15) is 0 Å². The summed E-state index contributed by atoms with van der Waals surface area (Å²) in [6.07, 6.45) is 2.06. The van der Waals surface area contributed by atoms with Crippen molar-refractivity contribution in [1.29, 1.82) is 0 Å². The molecule has 1 aromatic heterocycles. The minimum absolute atomic E-state index is 0.664. The van der Waals surface area contributed by atoms with E-state index in [0.717, 1.165) is 35.4 Å². The van der Waals surface area contributed by atoms with Gasteiger partial charge in [-0.25, -0.2) is 4.98 Å². The van der Waals surface area contributed by atoms with Gasteiger partial charge in [0.1, 0.15) is 5.76 Å². The van der Waals surface area contributed by atoms with Crippen molar-refractivity contribution in [2.24, 2.45) is 0 Å². The topological polar surface area (TPSA) is 47.7 Å². The highest BCUT2D eigenvalue weighted by molar-refractivity contribution is 7.98.